The van der Waals surface area contributed by atoms with Gasteiger partial charge in [0.05, 0.1) is 11.6 Å². The molecule has 1 aromatic heterocycles. The minimum Gasteiger partial charge on any atom is -0.361 e. The van der Waals surface area contributed by atoms with E-state index in [1.165, 1.54) is 6.92 Å². The third-order valence-electron chi connectivity index (χ3n) is 2.43. The molecule has 0 aliphatic rings. The number of benzene rings is 1. The lowest BCUT2D eigenvalue weighted by Crippen LogP contribution is -2.19. The van der Waals surface area contributed by atoms with E-state index in [9.17, 15) is 4.79 Å². The maximum atomic E-state index is 10.8. The Balaban J connectivity index is 2.22. The molecule has 0 aliphatic carbocycles. The van der Waals surface area contributed by atoms with Crippen molar-refractivity contribution in [2.24, 2.45) is 0 Å². The number of aromatic nitrogens is 1. The molecule has 0 saturated heterocycles. The Morgan fingerprint density at radius 3 is 3.12 bits per heavy atom. The number of carbonyl (C=O) groups excluding carboxylic acids is 1. The molecule has 0 aliphatic heterocycles. The summed E-state index contributed by atoms with van der Waals surface area (Å²) in [7, 11) is 0.501. The molecule has 0 saturated carbocycles. The van der Waals surface area contributed by atoms with Gasteiger partial charge in [-0.15, -0.1) is 0 Å². The van der Waals surface area contributed by atoms with Crippen molar-refractivity contribution in [2.75, 3.05) is 6.29 Å². The van der Waals surface area contributed by atoms with Crippen LogP contribution in [0.1, 0.15) is 12.5 Å². The molecule has 0 bridgehead atoms. The third-order valence-corrected chi connectivity index (χ3v) is 3.58. The van der Waals surface area contributed by atoms with Gasteiger partial charge in [-0.1, -0.05) is 8.58 Å². The van der Waals surface area contributed by atoms with Crippen LogP contribution in [0.5, 0.6) is 0 Å². The summed E-state index contributed by atoms with van der Waals surface area (Å²) in [5.74, 6) is -0.0185. The summed E-state index contributed by atoms with van der Waals surface area (Å²) < 4.78 is 0. The monoisotopic (exact) mass is 245 g/mol. The van der Waals surface area contributed by atoms with Crippen LogP contribution >= 0.6 is 8.58 Å². The summed E-state index contributed by atoms with van der Waals surface area (Å²) >= 11 is 0. The number of nitriles is 1. The summed E-state index contributed by atoms with van der Waals surface area (Å²) in [4.78, 5) is 13.9. The van der Waals surface area contributed by atoms with Crippen LogP contribution in [0, 0.1) is 11.3 Å². The fraction of sp³-hybridized carbons (Fsp3) is 0.167. The average molecular weight is 245 g/mol. The SMILES string of the molecule is CC(=O)NCPc1c[nH]c2ccc(C#N)cc12. The number of carbonyl (C=O) groups is 1. The van der Waals surface area contributed by atoms with Crippen LogP contribution in [0.2, 0.25) is 0 Å². The van der Waals surface area contributed by atoms with Crippen molar-refractivity contribution in [3.8, 4) is 6.07 Å². The highest BCUT2D eigenvalue weighted by Gasteiger charge is 2.04. The Bertz CT molecular complexity index is 597. The maximum Gasteiger partial charge on any atom is 0.217 e. The largest absolute Gasteiger partial charge is 0.361 e. The van der Waals surface area contributed by atoms with Gasteiger partial charge in [-0.2, -0.15) is 5.26 Å². The number of hydrogen-bond donors (Lipinski definition) is 2. The number of nitrogens with zero attached hydrogens (tertiary/aromatic N) is 1. The molecular formula is C12H12N3OP. The van der Waals surface area contributed by atoms with E-state index in [0.717, 1.165) is 16.2 Å². The zero-order chi connectivity index (χ0) is 12.3. The van der Waals surface area contributed by atoms with Gasteiger partial charge in [-0.3, -0.25) is 4.79 Å². The summed E-state index contributed by atoms with van der Waals surface area (Å²) in [6.45, 7) is 1.51. The van der Waals surface area contributed by atoms with E-state index in [1.807, 2.05) is 18.3 Å². The summed E-state index contributed by atoms with van der Waals surface area (Å²) in [6, 6.07) is 7.70. The number of hydrogen-bond acceptors (Lipinski definition) is 2. The fourth-order valence-corrected chi connectivity index (χ4v) is 2.70. The van der Waals surface area contributed by atoms with Crippen molar-refractivity contribution in [1.82, 2.24) is 10.3 Å². The van der Waals surface area contributed by atoms with E-state index >= 15 is 0 Å². The molecule has 5 heteroatoms. The molecule has 4 nitrogen and oxygen atoms in total. The number of rotatable bonds is 3. The van der Waals surface area contributed by atoms with Gasteiger partial charge in [0, 0.05) is 30.3 Å². The molecule has 2 N–H and O–H groups in total. The number of fused-ring (bicyclic) bond motifs is 1. The van der Waals surface area contributed by atoms with Crippen molar-refractivity contribution in [2.45, 2.75) is 6.92 Å². The van der Waals surface area contributed by atoms with Crippen LogP contribution in [0.25, 0.3) is 10.9 Å². The molecule has 1 aromatic carbocycles. The third kappa shape index (κ3) is 2.64. The highest BCUT2D eigenvalue weighted by atomic mass is 31.1. The first-order valence-electron chi connectivity index (χ1n) is 5.20. The molecule has 1 unspecified atom stereocenters. The lowest BCUT2D eigenvalue weighted by Gasteiger charge is -2.01. The predicted octanol–water partition coefficient (Wildman–Crippen LogP) is 1.44. The number of aromatic amines is 1. The summed E-state index contributed by atoms with van der Waals surface area (Å²) in [6.07, 6.45) is 2.57. The lowest BCUT2D eigenvalue weighted by molar-refractivity contribution is -0.118. The predicted molar refractivity (Wildman–Crippen MR) is 69.6 cm³/mol. The van der Waals surface area contributed by atoms with Gasteiger partial charge in [-0.05, 0) is 23.5 Å². The Hall–Kier alpha value is -1.85. The molecule has 1 amide bonds. The van der Waals surface area contributed by atoms with Crippen LogP contribution in [0.15, 0.2) is 24.4 Å². The second-order valence-electron chi connectivity index (χ2n) is 3.66. The fourth-order valence-electron chi connectivity index (χ4n) is 1.60. The normalized spacial score (nSPS) is 10.8. The van der Waals surface area contributed by atoms with Crippen LogP contribution in [0.4, 0.5) is 0 Å². The van der Waals surface area contributed by atoms with Gasteiger partial charge < -0.3 is 10.3 Å². The standard InChI is InChI=1S/C12H12N3OP/c1-8(16)15-7-17-12-6-14-11-3-2-9(5-13)4-10(11)12/h2-4,6,14,17H,7H2,1H3,(H,15,16). The first kappa shape index (κ1) is 11.6. The van der Waals surface area contributed by atoms with Crippen molar-refractivity contribution < 1.29 is 4.79 Å². The van der Waals surface area contributed by atoms with Gasteiger partial charge in [0.15, 0.2) is 0 Å². The second kappa shape index (κ2) is 4.99. The minimum atomic E-state index is -0.0185. The van der Waals surface area contributed by atoms with E-state index in [-0.39, 0.29) is 5.91 Å². The van der Waals surface area contributed by atoms with Crippen molar-refractivity contribution in [1.29, 1.82) is 5.26 Å². The van der Waals surface area contributed by atoms with Crippen molar-refractivity contribution >= 4 is 30.7 Å². The maximum absolute atomic E-state index is 10.8. The van der Waals surface area contributed by atoms with Gasteiger partial charge >= 0.3 is 0 Å². The Labute approximate surface area is 101 Å². The number of H-pyrrole nitrogens is 1. The molecule has 1 atom stereocenters. The quantitative estimate of drug-likeness (QED) is 0.803. The zero-order valence-corrected chi connectivity index (χ0v) is 10.4. The summed E-state index contributed by atoms with van der Waals surface area (Å²) in [5, 5.41) is 13.8. The molecule has 0 fully saturated rings. The average Bonchev–Trinajstić information content (AvgIpc) is 2.71. The molecule has 0 radical (unpaired) electrons. The second-order valence-corrected chi connectivity index (χ2v) is 4.91. The first-order chi connectivity index (χ1) is 8.20. The van der Waals surface area contributed by atoms with Crippen LogP contribution < -0.4 is 10.6 Å². The Morgan fingerprint density at radius 2 is 2.41 bits per heavy atom. The number of amides is 1. The molecule has 17 heavy (non-hydrogen) atoms. The van der Waals surface area contributed by atoms with Crippen LogP contribution in [-0.4, -0.2) is 17.2 Å². The number of nitrogens with one attached hydrogen (secondary N) is 2. The van der Waals surface area contributed by atoms with E-state index in [4.69, 9.17) is 5.26 Å². The molecule has 86 valence electrons. The molecular weight excluding hydrogens is 233 g/mol. The van der Waals surface area contributed by atoms with Crippen LogP contribution in [0.3, 0.4) is 0 Å². The lowest BCUT2D eigenvalue weighted by atomic mass is 10.2. The van der Waals surface area contributed by atoms with Gasteiger partial charge in [0.2, 0.25) is 5.91 Å². The zero-order valence-electron chi connectivity index (χ0n) is 9.37. The molecule has 2 rings (SSSR count). The first-order valence-corrected chi connectivity index (χ1v) is 6.41. The smallest absolute Gasteiger partial charge is 0.217 e. The molecule has 1 heterocycles. The minimum absolute atomic E-state index is 0.0185. The van der Waals surface area contributed by atoms with E-state index < -0.39 is 0 Å². The summed E-state index contributed by atoms with van der Waals surface area (Å²) in [5.41, 5.74) is 1.68. The van der Waals surface area contributed by atoms with Gasteiger partial charge in [0.25, 0.3) is 0 Å². The molecule has 0 spiro atoms. The van der Waals surface area contributed by atoms with Crippen molar-refractivity contribution in [3.63, 3.8) is 0 Å². The van der Waals surface area contributed by atoms with E-state index in [0.29, 0.717) is 20.4 Å². The highest BCUT2D eigenvalue weighted by molar-refractivity contribution is 7.47. The Morgan fingerprint density at radius 1 is 1.59 bits per heavy atom. The molecule has 2 aromatic rings. The van der Waals surface area contributed by atoms with E-state index in [1.54, 1.807) is 6.07 Å². The topological polar surface area (TPSA) is 68.7 Å². The van der Waals surface area contributed by atoms with Gasteiger partial charge in [-0.25, -0.2) is 0 Å². The van der Waals surface area contributed by atoms with Crippen molar-refractivity contribution in [3.05, 3.63) is 30.0 Å². The highest BCUT2D eigenvalue weighted by Crippen LogP contribution is 2.19. The van der Waals surface area contributed by atoms with Crippen LogP contribution in [-0.2, 0) is 4.79 Å². The van der Waals surface area contributed by atoms with Gasteiger partial charge in [0.1, 0.15) is 0 Å². The van der Waals surface area contributed by atoms with E-state index in [2.05, 4.69) is 16.4 Å². The Kier molecular flexibility index (Phi) is 3.41.